The van der Waals surface area contributed by atoms with Crippen LogP contribution in [0.4, 0.5) is 5.69 Å². The van der Waals surface area contributed by atoms with Gasteiger partial charge in [0.25, 0.3) is 0 Å². The second-order valence-corrected chi connectivity index (χ2v) is 6.97. The second kappa shape index (κ2) is 5.54. The molecular weight excluding hydrogens is 328 g/mol. The number of rotatable bonds is 3. The summed E-state index contributed by atoms with van der Waals surface area (Å²) in [6, 6.07) is 5.64. The van der Waals surface area contributed by atoms with Gasteiger partial charge in [-0.25, -0.2) is 0 Å². The van der Waals surface area contributed by atoms with E-state index in [2.05, 4.69) is 42.2 Å². The molecule has 1 aliphatic heterocycles. The first-order chi connectivity index (χ1) is 10.3. The number of piperidine rings is 1. The summed E-state index contributed by atoms with van der Waals surface area (Å²) < 4.78 is 0.979. The third-order valence-electron chi connectivity index (χ3n) is 4.41. The minimum absolute atomic E-state index is 0.698. The molecule has 3 heterocycles. The average Bonchev–Trinajstić information content (AvgIpc) is 3.31. The molecule has 2 aliphatic rings. The van der Waals surface area contributed by atoms with Crippen molar-refractivity contribution in [2.75, 3.05) is 18.0 Å². The van der Waals surface area contributed by atoms with Crippen LogP contribution in [-0.2, 0) is 0 Å². The topological polar surface area (TPSA) is 41.1 Å². The lowest BCUT2D eigenvalue weighted by atomic mass is 10.0. The quantitative estimate of drug-likeness (QED) is 0.926. The van der Waals surface area contributed by atoms with Crippen LogP contribution in [0.15, 0.2) is 29.0 Å². The molecule has 2 aromatic heterocycles. The van der Waals surface area contributed by atoms with Crippen LogP contribution in [0.3, 0.4) is 0 Å². The molecule has 0 radical (unpaired) electrons. The van der Waals surface area contributed by atoms with Crippen molar-refractivity contribution >= 4 is 32.7 Å². The average molecular weight is 347 g/mol. The minimum atomic E-state index is 0.698. The van der Waals surface area contributed by atoms with Crippen LogP contribution in [0.25, 0.3) is 11.0 Å². The lowest BCUT2D eigenvalue weighted by Crippen LogP contribution is -2.43. The van der Waals surface area contributed by atoms with E-state index in [0.717, 1.165) is 34.6 Å². The normalized spacial score (nSPS) is 20.1. The molecule has 0 aromatic carbocycles. The number of aromatic nitrogens is 2. The van der Waals surface area contributed by atoms with Gasteiger partial charge in [-0.15, -0.1) is 0 Å². The van der Waals surface area contributed by atoms with Crippen molar-refractivity contribution in [2.45, 2.75) is 37.8 Å². The van der Waals surface area contributed by atoms with Gasteiger partial charge in [0.1, 0.15) is 5.52 Å². The van der Waals surface area contributed by atoms with E-state index >= 15 is 0 Å². The Morgan fingerprint density at radius 2 is 1.86 bits per heavy atom. The molecule has 1 saturated carbocycles. The van der Waals surface area contributed by atoms with Crippen LogP contribution in [0.2, 0.25) is 0 Å². The highest BCUT2D eigenvalue weighted by atomic mass is 79.9. The molecule has 1 aliphatic carbocycles. The Morgan fingerprint density at radius 3 is 2.62 bits per heavy atom. The SMILES string of the molecule is Brc1cnc2c(N3CCC(NC4CC4)CC3)ccnc2c1. The molecule has 0 atom stereocenters. The highest BCUT2D eigenvalue weighted by molar-refractivity contribution is 9.10. The maximum absolute atomic E-state index is 4.57. The number of nitrogens with zero attached hydrogens (tertiary/aromatic N) is 3. The van der Waals surface area contributed by atoms with Crippen LogP contribution in [0.5, 0.6) is 0 Å². The smallest absolute Gasteiger partial charge is 0.112 e. The van der Waals surface area contributed by atoms with E-state index in [9.17, 15) is 0 Å². The molecule has 1 saturated heterocycles. The van der Waals surface area contributed by atoms with Crippen molar-refractivity contribution < 1.29 is 0 Å². The molecule has 0 unspecified atom stereocenters. The molecule has 4 nitrogen and oxygen atoms in total. The molecule has 110 valence electrons. The van der Waals surface area contributed by atoms with Crippen LogP contribution >= 0.6 is 15.9 Å². The standard InChI is InChI=1S/C16H19BrN4/c17-11-9-14-16(19-10-11)15(3-6-18-14)21-7-4-13(5-8-21)20-12-1-2-12/h3,6,9-10,12-13,20H,1-2,4-5,7-8H2. The largest absolute Gasteiger partial charge is 0.370 e. The molecular formula is C16H19BrN4. The Hall–Kier alpha value is -1.20. The maximum Gasteiger partial charge on any atom is 0.112 e. The van der Waals surface area contributed by atoms with Gasteiger partial charge in [0, 0.05) is 42.0 Å². The fraction of sp³-hybridized carbons (Fsp3) is 0.500. The summed E-state index contributed by atoms with van der Waals surface area (Å²) in [5, 5.41) is 3.75. The van der Waals surface area contributed by atoms with Crippen molar-refractivity contribution in [1.82, 2.24) is 15.3 Å². The van der Waals surface area contributed by atoms with Gasteiger partial charge < -0.3 is 10.2 Å². The van der Waals surface area contributed by atoms with Crippen LogP contribution in [0, 0.1) is 0 Å². The number of pyridine rings is 2. The van der Waals surface area contributed by atoms with Gasteiger partial charge in [-0.2, -0.15) is 0 Å². The molecule has 2 fully saturated rings. The second-order valence-electron chi connectivity index (χ2n) is 6.05. The maximum atomic E-state index is 4.57. The lowest BCUT2D eigenvalue weighted by molar-refractivity contribution is 0.413. The molecule has 5 heteroatoms. The Labute approximate surface area is 133 Å². The summed E-state index contributed by atoms with van der Waals surface area (Å²) in [6.07, 6.45) is 8.92. The summed E-state index contributed by atoms with van der Waals surface area (Å²) in [6.45, 7) is 2.20. The van der Waals surface area contributed by atoms with Crippen molar-refractivity contribution in [2.24, 2.45) is 0 Å². The van der Waals surface area contributed by atoms with E-state index in [1.54, 1.807) is 0 Å². The Kier molecular flexibility index (Phi) is 3.55. The van der Waals surface area contributed by atoms with E-state index in [1.165, 1.54) is 31.4 Å². The van der Waals surface area contributed by atoms with E-state index in [4.69, 9.17) is 0 Å². The Bertz CT molecular complexity index is 648. The van der Waals surface area contributed by atoms with E-state index in [0.29, 0.717) is 6.04 Å². The third kappa shape index (κ3) is 2.90. The summed E-state index contributed by atoms with van der Waals surface area (Å²) in [7, 11) is 0. The van der Waals surface area contributed by atoms with E-state index in [1.807, 2.05) is 18.5 Å². The van der Waals surface area contributed by atoms with E-state index < -0.39 is 0 Å². The summed E-state index contributed by atoms with van der Waals surface area (Å²) in [5.41, 5.74) is 3.19. The zero-order valence-electron chi connectivity index (χ0n) is 11.9. The summed E-state index contributed by atoms with van der Waals surface area (Å²) in [4.78, 5) is 11.4. The Morgan fingerprint density at radius 1 is 1.10 bits per heavy atom. The van der Waals surface area contributed by atoms with Gasteiger partial charge in [-0.1, -0.05) is 0 Å². The van der Waals surface area contributed by atoms with Crippen molar-refractivity contribution in [3.63, 3.8) is 0 Å². The zero-order chi connectivity index (χ0) is 14.2. The van der Waals surface area contributed by atoms with Crippen LogP contribution in [-0.4, -0.2) is 35.1 Å². The number of hydrogen-bond donors (Lipinski definition) is 1. The van der Waals surface area contributed by atoms with Crippen molar-refractivity contribution in [3.05, 3.63) is 29.0 Å². The van der Waals surface area contributed by atoms with Crippen LogP contribution < -0.4 is 10.2 Å². The predicted molar refractivity (Wildman–Crippen MR) is 88.6 cm³/mol. The van der Waals surface area contributed by atoms with Gasteiger partial charge in [0.15, 0.2) is 0 Å². The van der Waals surface area contributed by atoms with Gasteiger partial charge in [0.05, 0.1) is 11.2 Å². The number of anilines is 1. The monoisotopic (exact) mass is 346 g/mol. The number of fused-ring (bicyclic) bond motifs is 1. The van der Waals surface area contributed by atoms with Crippen LogP contribution in [0.1, 0.15) is 25.7 Å². The fourth-order valence-corrected chi connectivity index (χ4v) is 3.44. The molecule has 0 spiro atoms. The number of hydrogen-bond acceptors (Lipinski definition) is 4. The van der Waals surface area contributed by atoms with Gasteiger partial charge in [0.2, 0.25) is 0 Å². The van der Waals surface area contributed by atoms with Crippen molar-refractivity contribution in [1.29, 1.82) is 0 Å². The first kappa shape index (κ1) is 13.5. The molecule has 4 rings (SSSR count). The highest BCUT2D eigenvalue weighted by Crippen LogP contribution is 2.28. The summed E-state index contributed by atoms with van der Waals surface area (Å²) >= 11 is 3.47. The molecule has 2 aromatic rings. The predicted octanol–water partition coefficient (Wildman–Crippen LogP) is 3.11. The first-order valence-corrected chi connectivity index (χ1v) is 8.50. The lowest BCUT2D eigenvalue weighted by Gasteiger charge is -2.34. The highest BCUT2D eigenvalue weighted by Gasteiger charge is 2.27. The zero-order valence-corrected chi connectivity index (χ0v) is 13.5. The molecule has 1 N–H and O–H groups in total. The van der Waals surface area contributed by atoms with Gasteiger partial charge in [-0.3, -0.25) is 9.97 Å². The first-order valence-electron chi connectivity index (χ1n) is 7.71. The number of nitrogens with one attached hydrogen (secondary N) is 1. The fourth-order valence-electron chi connectivity index (χ4n) is 3.12. The van der Waals surface area contributed by atoms with Gasteiger partial charge in [-0.05, 0) is 53.7 Å². The molecule has 21 heavy (non-hydrogen) atoms. The Balaban J connectivity index is 1.53. The third-order valence-corrected chi connectivity index (χ3v) is 4.84. The van der Waals surface area contributed by atoms with Gasteiger partial charge >= 0.3 is 0 Å². The van der Waals surface area contributed by atoms with Crippen molar-refractivity contribution in [3.8, 4) is 0 Å². The summed E-state index contributed by atoms with van der Waals surface area (Å²) in [5.74, 6) is 0. The van der Waals surface area contributed by atoms with E-state index in [-0.39, 0.29) is 0 Å². The molecule has 0 amide bonds. The molecule has 0 bridgehead atoms. The minimum Gasteiger partial charge on any atom is -0.370 e. The number of halogens is 1.